The molecular weight excluding hydrogens is 483 g/mol. The molecule has 35 heavy (non-hydrogen) atoms. The molecule has 0 spiro atoms. The van der Waals surface area contributed by atoms with E-state index in [-0.39, 0.29) is 54.9 Å². The number of aromatic amines is 1. The number of rotatable bonds is 8. The van der Waals surface area contributed by atoms with Crippen LogP contribution in [0.5, 0.6) is 5.75 Å². The van der Waals surface area contributed by atoms with Crippen LogP contribution in [0, 0.1) is 5.82 Å². The van der Waals surface area contributed by atoms with Crippen LogP contribution in [0.4, 0.5) is 4.39 Å². The number of H-pyrrole nitrogens is 1. The van der Waals surface area contributed by atoms with Crippen LogP contribution in [-0.4, -0.2) is 53.8 Å². The molecule has 0 saturated carbocycles. The normalized spacial score (nSPS) is 17.8. The smallest absolute Gasteiger partial charge is 0.287 e. The number of amides is 2. The standard InChI is InChI=1S/C23H22ClFN4O6/c24-13-3-1-2-12(8-13)9-27-23(32)21-28-16-5-4-15(25)19(18(16)22(31)29-21)33-7-6-14-10-35-17(11-34-14)20(26)30/h1-5,8,14,17H,6-7,9-11H2,(H2,26,30)(H,27,32)(H,28,29,31). The molecular formula is C23H22ClFN4O6. The summed E-state index contributed by atoms with van der Waals surface area (Å²) in [5.41, 5.74) is 5.31. The second kappa shape index (κ2) is 10.8. The first-order valence-electron chi connectivity index (χ1n) is 10.7. The Labute approximate surface area is 203 Å². The first-order valence-corrected chi connectivity index (χ1v) is 11.1. The van der Waals surface area contributed by atoms with Crippen molar-refractivity contribution >= 4 is 34.3 Å². The molecule has 0 radical (unpaired) electrons. The highest BCUT2D eigenvalue weighted by Crippen LogP contribution is 2.25. The molecule has 1 saturated heterocycles. The minimum Gasteiger partial charge on any atom is -0.489 e. The van der Waals surface area contributed by atoms with Crippen molar-refractivity contribution in [1.29, 1.82) is 0 Å². The molecule has 1 fully saturated rings. The molecule has 10 nitrogen and oxygen atoms in total. The predicted molar refractivity (Wildman–Crippen MR) is 124 cm³/mol. The first kappa shape index (κ1) is 24.6. The number of nitrogens with one attached hydrogen (secondary N) is 2. The van der Waals surface area contributed by atoms with E-state index in [1.165, 1.54) is 6.07 Å². The lowest BCUT2D eigenvalue weighted by atomic mass is 10.2. The Morgan fingerprint density at radius 2 is 2.09 bits per heavy atom. The zero-order valence-electron chi connectivity index (χ0n) is 18.4. The van der Waals surface area contributed by atoms with Crippen LogP contribution in [0.2, 0.25) is 5.02 Å². The number of fused-ring (bicyclic) bond motifs is 1. The van der Waals surface area contributed by atoms with E-state index in [2.05, 4.69) is 15.3 Å². The van der Waals surface area contributed by atoms with Crippen LogP contribution in [0.3, 0.4) is 0 Å². The molecule has 0 aliphatic carbocycles. The Morgan fingerprint density at radius 3 is 2.80 bits per heavy atom. The molecule has 2 amide bonds. The third-order valence-electron chi connectivity index (χ3n) is 5.31. The zero-order valence-corrected chi connectivity index (χ0v) is 19.1. The zero-order chi connectivity index (χ0) is 24.9. The summed E-state index contributed by atoms with van der Waals surface area (Å²) in [6.45, 7) is 0.331. The fourth-order valence-corrected chi connectivity index (χ4v) is 3.72. The highest BCUT2D eigenvalue weighted by atomic mass is 35.5. The number of ether oxygens (including phenoxy) is 3. The highest BCUT2D eigenvalue weighted by molar-refractivity contribution is 6.30. The summed E-state index contributed by atoms with van der Waals surface area (Å²) < 4.78 is 30.9. The van der Waals surface area contributed by atoms with Gasteiger partial charge in [-0.25, -0.2) is 9.37 Å². The second-order valence-corrected chi connectivity index (χ2v) is 8.25. The molecule has 4 N–H and O–H groups in total. The Bertz CT molecular complexity index is 1310. The van der Waals surface area contributed by atoms with E-state index in [4.69, 9.17) is 31.5 Å². The molecule has 2 atom stereocenters. The van der Waals surface area contributed by atoms with E-state index in [1.807, 2.05) is 0 Å². The molecule has 0 bridgehead atoms. The SMILES string of the molecule is NC(=O)C1COC(CCOc2c(F)ccc3nc(C(=O)NCc4cccc(Cl)c4)[nH]c(=O)c23)CO1. The topological polar surface area (TPSA) is 146 Å². The van der Waals surface area contributed by atoms with Crippen LogP contribution in [0.25, 0.3) is 10.9 Å². The van der Waals surface area contributed by atoms with Crippen molar-refractivity contribution in [2.45, 2.75) is 25.2 Å². The van der Waals surface area contributed by atoms with Gasteiger partial charge in [-0.2, -0.15) is 0 Å². The summed E-state index contributed by atoms with van der Waals surface area (Å²) in [6, 6.07) is 9.35. The van der Waals surface area contributed by atoms with E-state index >= 15 is 0 Å². The van der Waals surface area contributed by atoms with Crippen LogP contribution < -0.4 is 21.3 Å². The van der Waals surface area contributed by atoms with Gasteiger partial charge >= 0.3 is 0 Å². The Hall–Kier alpha value is -3.54. The van der Waals surface area contributed by atoms with Gasteiger partial charge in [0.1, 0.15) is 5.39 Å². The summed E-state index contributed by atoms with van der Waals surface area (Å²) in [6.07, 6.45) is -0.865. The third kappa shape index (κ3) is 5.94. The van der Waals surface area contributed by atoms with Gasteiger partial charge in [0.15, 0.2) is 23.5 Å². The van der Waals surface area contributed by atoms with Gasteiger partial charge in [0.25, 0.3) is 11.5 Å². The van der Waals surface area contributed by atoms with Gasteiger partial charge in [-0.3, -0.25) is 14.4 Å². The van der Waals surface area contributed by atoms with Gasteiger partial charge in [0, 0.05) is 18.0 Å². The predicted octanol–water partition coefficient (Wildman–Crippen LogP) is 1.68. The van der Waals surface area contributed by atoms with Crippen molar-refractivity contribution in [3.8, 4) is 5.75 Å². The number of primary amides is 1. The fourth-order valence-electron chi connectivity index (χ4n) is 3.51. The average molecular weight is 505 g/mol. The first-order chi connectivity index (χ1) is 16.8. The summed E-state index contributed by atoms with van der Waals surface area (Å²) in [4.78, 5) is 42.9. The number of hydrogen-bond donors (Lipinski definition) is 3. The van der Waals surface area contributed by atoms with E-state index in [0.717, 1.165) is 11.6 Å². The lowest BCUT2D eigenvalue weighted by Gasteiger charge is -2.27. The molecule has 12 heteroatoms. The number of benzene rings is 2. The van der Waals surface area contributed by atoms with E-state index in [9.17, 15) is 18.8 Å². The van der Waals surface area contributed by atoms with E-state index in [1.54, 1.807) is 24.3 Å². The lowest BCUT2D eigenvalue weighted by molar-refractivity contribution is -0.159. The van der Waals surface area contributed by atoms with E-state index in [0.29, 0.717) is 11.4 Å². The maximum absolute atomic E-state index is 14.5. The Balaban J connectivity index is 1.44. The number of aromatic nitrogens is 2. The number of carbonyl (C=O) groups excluding carboxylic acids is 2. The number of nitrogens with zero attached hydrogens (tertiary/aromatic N) is 1. The minimum absolute atomic E-state index is 0.00656. The van der Waals surface area contributed by atoms with Crippen molar-refractivity contribution in [3.63, 3.8) is 0 Å². The largest absolute Gasteiger partial charge is 0.489 e. The lowest BCUT2D eigenvalue weighted by Crippen LogP contribution is -2.43. The van der Waals surface area contributed by atoms with Crippen LogP contribution in [0.1, 0.15) is 22.6 Å². The molecule has 3 aromatic rings. The molecule has 1 aliphatic heterocycles. The molecule has 4 rings (SSSR count). The fraction of sp³-hybridized carbons (Fsp3) is 0.304. The summed E-state index contributed by atoms with van der Waals surface area (Å²) in [5, 5.41) is 3.06. The molecule has 2 aromatic carbocycles. The Morgan fingerprint density at radius 1 is 1.26 bits per heavy atom. The maximum Gasteiger partial charge on any atom is 0.287 e. The third-order valence-corrected chi connectivity index (χ3v) is 5.54. The van der Waals surface area contributed by atoms with Crippen molar-refractivity contribution in [3.05, 3.63) is 69.0 Å². The highest BCUT2D eigenvalue weighted by Gasteiger charge is 2.26. The molecule has 184 valence electrons. The van der Waals surface area contributed by atoms with Crippen molar-refractivity contribution in [2.24, 2.45) is 5.73 Å². The summed E-state index contributed by atoms with van der Waals surface area (Å²) in [7, 11) is 0. The number of nitrogens with two attached hydrogens (primary N) is 1. The quantitative estimate of drug-likeness (QED) is 0.423. The number of hydrogen-bond acceptors (Lipinski definition) is 7. The van der Waals surface area contributed by atoms with Gasteiger partial charge in [0.05, 0.1) is 31.4 Å². The van der Waals surface area contributed by atoms with Crippen molar-refractivity contribution < 1.29 is 28.2 Å². The Kier molecular flexibility index (Phi) is 7.59. The minimum atomic E-state index is -0.802. The van der Waals surface area contributed by atoms with Gasteiger partial charge in [0.2, 0.25) is 5.91 Å². The summed E-state index contributed by atoms with van der Waals surface area (Å²) in [5.74, 6) is -2.48. The van der Waals surface area contributed by atoms with Gasteiger partial charge in [-0.1, -0.05) is 23.7 Å². The van der Waals surface area contributed by atoms with Crippen LogP contribution >= 0.6 is 11.6 Å². The number of carbonyl (C=O) groups is 2. The molecule has 1 aliphatic rings. The number of halogens is 2. The van der Waals surface area contributed by atoms with Crippen molar-refractivity contribution in [1.82, 2.24) is 15.3 Å². The average Bonchev–Trinajstić information content (AvgIpc) is 2.84. The molecule has 2 unspecified atom stereocenters. The monoisotopic (exact) mass is 504 g/mol. The second-order valence-electron chi connectivity index (χ2n) is 7.81. The maximum atomic E-state index is 14.5. The van der Waals surface area contributed by atoms with Gasteiger partial charge in [-0.15, -0.1) is 0 Å². The molecule has 2 heterocycles. The van der Waals surface area contributed by atoms with Gasteiger partial charge < -0.3 is 30.2 Å². The molecule has 1 aromatic heterocycles. The van der Waals surface area contributed by atoms with Crippen LogP contribution in [0.15, 0.2) is 41.2 Å². The van der Waals surface area contributed by atoms with Gasteiger partial charge in [-0.05, 0) is 29.8 Å². The van der Waals surface area contributed by atoms with Crippen LogP contribution in [-0.2, 0) is 20.8 Å². The van der Waals surface area contributed by atoms with E-state index < -0.39 is 29.3 Å². The summed E-state index contributed by atoms with van der Waals surface area (Å²) >= 11 is 5.94. The van der Waals surface area contributed by atoms with Crippen molar-refractivity contribution in [2.75, 3.05) is 19.8 Å².